The summed E-state index contributed by atoms with van der Waals surface area (Å²) in [5.74, 6) is -0.323. The lowest BCUT2D eigenvalue weighted by atomic mass is 10.0. The van der Waals surface area contributed by atoms with Crippen molar-refractivity contribution in [2.75, 3.05) is 17.6 Å². The van der Waals surface area contributed by atoms with Crippen LogP contribution in [0.1, 0.15) is 30.1 Å². The zero-order valence-corrected chi connectivity index (χ0v) is 25.1. The van der Waals surface area contributed by atoms with Gasteiger partial charge >= 0.3 is 12.6 Å². The second-order valence-electron chi connectivity index (χ2n) is 10.2. The zero-order chi connectivity index (χ0) is 30.7. The van der Waals surface area contributed by atoms with E-state index < -0.39 is 28.7 Å². The van der Waals surface area contributed by atoms with Crippen LogP contribution < -0.4 is 14.2 Å². The quantitative estimate of drug-likeness (QED) is 0.161. The molecule has 1 atom stereocenters. The SMILES string of the molecule is CS(=O)(=O)Nc1ccc2ccn(CC(=O)O[C@@H](Cc3c(Cl)cncc3Cl)c3ccc(OC(F)F)c(OCC4CC4)c3)c2c1. The molecule has 5 rings (SSSR count). The van der Waals surface area contributed by atoms with E-state index >= 15 is 0 Å². The van der Waals surface area contributed by atoms with Gasteiger partial charge in [-0.3, -0.25) is 14.5 Å². The number of rotatable bonds is 13. The normalized spacial score (nSPS) is 14.1. The van der Waals surface area contributed by atoms with Gasteiger partial charge in [-0.1, -0.05) is 35.3 Å². The third kappa shape index (κ3) is 8.27. The van der Waals surface area contributed by atoms with Crippen LogP contribution in [0.5, 0.6) is 11.5 Å². The maximum absolute atomic E-state index is 13.3. The number of nitrogens with zero attached hydrogens (tertiary/aromatic N) is 2. The molecule has 2 heterocycles. The van der Waals surface area contributed by atoms with Gasteiger partial charge in [-0.2, -0.15) is 8.78 Å². The van der Waals surface area contributed by atoms with E-state index in [0.29, 0.717) is 34.9 Å². The highest BCUT2D eigenvalue weighted by Gasteiger charge is 2.26. The highest BCUT2D eigenvalue weighted by Crippen LogP contribution is 2.38. The van der Waals surface area contributed by atoms with Gasteiger partial charge in [0, 0.05) is 25.0 Å². The van der Waals surface area contributed by atoms with E-state index in [4.69, 9.17) is 32.7 Å². The second kappa shape index (κ2) is 12.9. The van der Waals surface area contributed by atoms with Crippen LogP contribution in [-0.2, 0) is 32.5 Å². The number of nitrogens with one attached hydrogen (secondary N) is 1. The summed E-state index contributed by atoms with van der Waals surface area (Å²) in [4.78, 5) is 17.3. The van der Waals surface area contributed by atoms with Crippen LogP contribution in [0.4, 0.5) is 14.5 Å². The predicted molar refractivity (Wildman–Crippen MR) is 158 cm³/mol. The first kappa shape index (κ1) is 30.8. The lowest BCUT2D eigenvalue weighted by Gasteiger charge is -2.22. The molecule has 1 saturated carbocycles. The third-order valence-electron chi connectivity index (χ3n) is 6.72. The molecule has 1 fully saturated rings. The van der Waals surface area contributed by atoms with Crippen molar-refractivity contribution in [3.63, 3.8) is 0 Å². The topological polar surface area (TPSA) is 109 Å². The number of carbonyl (C=O) groups is 1. The number of fused-ring (bicyclic) bond motifs is 1. The first-order valence-corrected chi connectivity index (χ1v) is 15.9. The van der Waals surface area contributed by atoms with Crippen molar-refractivity contribution in [2.24, 2.45) is 5.92 Å². The molecule has 0 aliphatic heterocycles. The maximum Gasteiger partial charge on any atom is 0.387 e. The summed E-state index contributed by atoms with van der Waals surface area (Å²) >= 11 is 12.8. The molecule has 2 aromatic heterocycles. The van der Waals surface area contributed by atoms with E-state index in [2.05, 4.69) is 14.4 Å². The van der Waals surface area contributed by atoms with Crippen LogP contribution in [0.15, 0.2) is 61.1 Å². The standard InChI is InChI=1S/C29H27Cl2F2N3O6S/c1-43(38,39)35-20-6-4-18-8-9-36(24(18)11-20)15-28(37)41-26(12-21-22(30)13-34-14-23(21)31)19-5-7-25(42-29(32)33)27(10-19)40-16-17-2-3-17/h4-11,13-14,17,26,29,35H,2-3,12,15-16H2,1H3/t26-/m0/s1. The van der Waals surface area contributed by atoms with Crippen molar-refractivity contribution in [3.8, 4) is 11.5 Å². The number of esters is 1. The second-order valence-corrected chi connectivity index (χ2v) is 12.8. The molecule has 9 nitrogen and oxygen atoms in total. The fraction of sp³-hybridized carbons (Fsp3) is 0.310. The summed E-state index contributed by atoms with van der Waals surface area (Å²) in [6.45, 7) is -2.92. The number of pyridine rings is 1. The Bertz CT molecular complexity index is 1730. The molecule has 14 heteroatoms. The molecule has 0 unspecified atom stereocenters. The van der Waals surface area contributed by atoms with E-state index in [1.807, 2.05) is 0 Å². The summed E-state index contributed by atoms with van der Waals surface area (Å²) < 4.78 is 70.1. The van der Waals surface area contributed by atoms with E-state index in [9.17, 15) is 22.0 Å². The van der Waals surface area contributed by atoms with Crippen molar-refractivity contribution in [1.82, 2.24) is 9.55 Å². The minimum absolute atomic E-state index is 0.0535. The van der Waals surface area contributed by atoms with Crippen molar-refractivity contribution in [1.29, 1.82) is 0 Å². The van der Waals surface area contributed by atoms with Crippen LogP contribution in [0, 0.1) is 5.92 Å². The molecule has 4 aromatic rings. The number of benzene rings is 2. The average Bonchev–Trinajstić information content (AvgIpc) is 3.68. The Hall–Kier alpha value is -3.61. The van der Waals surface area contributed by atoms with Gasteiger partial charge in [0.1, 0.15) is 12.6 Å². The molecular formula is C29H27Cl2F2N3O6S. The zero-order valence-electron chi connectivity index (χ0n) is 22.8. The molecule has 1 N–H and O–H groups in total. The largest absolute Gasteiger partial charge is 0.489 e. The first-order valence-electron chi connectivity index (χ1n) is 13.2. The monoisotopic (exact) mass is 653 g/mol. The van der Waals surface area contributed by atoms with Crippen LogP contribution in [-0.4, -0.2) is 43.4 Å². The summed E-state index contributed by atoms with van der Waals surface area (Å²) in [5, 5.41) is 1.31. The van der Waals surface area contributed by atoms with Crippen molar-refractivity contribution >= 4 is 55.8 Å². The molecule has 43 heavy (non-hydrogen) atoms. The van der Waals surface area contributed by atoms with Gasteiger partial charge < -0.3 is 18.8 Å². The first-order chi connectivity index (χ1) is 20.4. The molecule has 0 radical (unpaired) electrons. The highest BCUT2D eigenvalue weighted by atomic mass is 35.5. The van der Waals surface area contributed by atoms with E-state index in [0.717, 1.165) is 24.5 Å². The average molecular weight is 655 g/mol. The van der Waals surface area contributed by atoms with E-state index in [-0.39, 0.29) is 34.5 Å². The molecule has 0 amide bonds. The highest BCUT2D eigenvalue weighted by molar-refractivity contribution is 7.92. The minimum Gasteiger partial charge on any atom is -0.489 e. The number of carbonyl (C=O) groups excluding carboxylic acids is 1. The lowest BCUT2D eigenvalue weighted by Crippen LogP contribution is -2.19. The molecule has 2 aromatic carbocycles. The Morgan fingerprint density at radius 2 is 1.84 bits per heavy atom. The molecule has 0 bridgehead atoms. The summed E-state index contributed by atoms with van der Waals surface area (Å²) in [7, 11) is -3.50. The van der Waals surface area contributed by atoms with Crippen molar-refractivity contribution in [2.45, 2.75) is 38.5 Å². The number of sulfonamides is 1. The van der Waals surface area contributed by atoms with Crippen LogP contribution in [0.25, 0.3) is 10.9 Å². The fourth-order valence-electron chi connectivity index (χ4n) is 4.50. The van der Waals surface area contributed by atoms with Crippen molar-refractivity contribution < 1.29 is 36.2 Å². The Kier molecular flexibility index (Phi) is 9.28. The lowest BCUT2D eigenvalue weighted by molar-refractivity contribution is -0.150. The van der Waals surface area contributed by atoms with E-state index in [1.54, 1.807) is 35.0 Å². The number of halogens is 4. The number of hydrogen-bond donors (Lipinski definition) is 1. The van der Waals surface area contributed by atoms with Crippen LogP contribution in [0.2, 0.25) is 10.0 Å². The minimum atomic E-state index is -3.50. The summed E-state index contributed by atoms with van der Waals surface area (Å²) in [6.07, 6.45) is 6.65. The molecule has 1 aliphatic carbocycles. The molecular weight excluding hydrogens is 627 g/mol. The fourth-order valence-corrected chi connectivity index (χ4v) is 5.58. The smallest absolute Gasteiger partial charge is 0.387 e. The Labute approximate surface area is 256 Å². The number of aromatic nitrogens is 2. The van der Waals surface area contributed by atoms with Gasteiger partial charge in [0.2, 0.25) is 10.0 Å². The Morgan fingerprint density at radius 1 is 1.09 bits per heavy atom. The summed E-state index contributed by atoms with van der Waals surface area (Å²) in [6, 6.07) is 11.1. The number of ether oxygens (including phenoxy) is 3. The van der Waals surface area contributed by atoms with Crippen LogP contribution in [0.3, 0.4) is 0 Å². The number of anilines is 1. The number of hydrogen-bond acceptors (Lipinski definition) is 7. The van der Waals surface area contributed by atoms with E-state index in [1.165, 1.54) is 30.6 Å². The van der Waals surface area contributed by atoms with Gasteiger partial charge in [0.05, 0.1) is 34.1 Å². The Morgan fingerprint density at radius 3 is 2.51 bits per heavy atom. The maximum atomic E-state index is 13.3. The van der Waals surface area contributed by atoms with Gasteiger partial charge in [-0.25, -0.2) is 8.42 Å². The molecule has 1 aliphatic rings. The van der Waals surface area contributed by atoms with Gasteiger partial charge in [0.25, 0.3) is 0 Å². The Balaban J connectivity index is 1.44. The predicted octanol–water partition coefficient (Wildman–Crippen LogP) is 6.63. The van der Waals surface area contributed by atoms with Gasteiger partial charge in [0.15, 0.2) is 11.5 Å². The van der Waals surface area contributed by atoms with Crippen molar-refractivity contribution in [3.05, 3.63) is 82.2 Å². The number of alkyl halides is 2. The molecule has 0 saturated heterocycles. The van der Waals surface area contributed by atoms with Gasteiger partial charge in [-0.15, -0.1) is 0 Å². The van der Waals surface area contributed by atoms with Gasteiger partial charge in [-0.05, 0) is 65.6 Å². The third-order valence-corrected chi connectivity index (χ3v) is 7.98. The molecule has 228 valence electrons. The molecule has 0 spiro atoms. The summed E-state index contributed by atoms with van der Waals surface area (Å²) in [5.41, 5.74) is 1.87. The van der Waals surface area contributed by atoms with Crippen LogP contribution >= 0.6 is 23.2 Å².